The molecule has 3 nitrogen and oxygen atoms in total. The Balaban J connectivity index is 1.47. The predicted molar refractivity (Wildman–Crippen MR) is 194 cm³/mol. The van der Waals surface area contributed by atoms with Crippen LogP contribution < -0.4 is 4.90 Å². The lowest BCUT2D eigenvalue weighted by atomic mass is 9.73. The molecule has 46 heavy (non-hydrogen) atoms. The van der Waals surface area contributed by atoms with Crippen LogP contribution in [0.15, 0.2) is 140 Å². The maximum Gasteiger partial charge on any atom is 0.0724 e. The standard InChI is InChI=1S/C43H29N3/c1-43(2)32-16-8-11-19-36(32)44(27-12-4-3-5-13-27)37-25-39-38(24-33(37)43)45-34-17-9-6-14-28(34)30-22-20-26-21-23-31-29-15-7-10-18-35(29)46(39)42(31)40(26)41(30)45/h3-25H,1-2H3. The van der Waals surface area contributed by atoms with Gasteiger partial charge in [0.05, 0.1) is 44.5 Å². The lowest BCUT2D eigenvalue weighted by Gasteiger charge is -2.42. The highest BCUT2D eigenvalue weighted by atomic mass is 15.2. The van der Waals surface area contributed by atoms with Gasteiger partial charge in [0.2, 0.25) is 0 Å². The zero-order valence-electron chi connectivity index (χ0n) is 25.6. The zero-order valence-corrected chi connectivity index (χ0v) is 25.6. The van der Waals surface area contributed by atoms with Gasteiger partial charge in [-0.3, -0.25) is 0 Å². The molecule has 0 fully saturated rings. The fourth-order valence-corrected chi connectivity index (χ4v) is 8.75. The molecule has 0 spiro atoms. The van der Waals surface area contributed by atoms with E-state index in [4.69, 9.17) is 0 Å². The summed E-state index contributed by atoms with van der Waals surface area (Å²) in [4.78, 5) is 2.47. The molecule has 0 amide bonds. The summed E-state index contributed by atoms with van der Waals surface area (Å²) < 4.78 is 5.12. The van der Waals surface area contributed by atoms with Crippen molar-refractivity contribution in [2.75, 3.05) is 4.90 Å². The quantitative estimate of drug-likeness (QED) is 0.186. The van der Waals surface area contributed by atoms with Crippen molar-refractivity contribution in [3.8, 4) is 0 Å². The van der Waals surface area contributed by atoms with E-state index in [0.717, 1.165) is 0 Å². The molecule has 0 N–H and O–H groups in total. The molecule has 11 rings (SSSR count). The van der Waals surface area contributed by atoms with Crippen LogP contribution >= 0.6 is 0 Å². The summed E-state index contributed by atoms with van der Waals surface area (Å²) in [6.07, 6.45) is 0. The molecule has 1 aliphatic heterocycles. The van der Waals surface area contributed by atoms with E-state index in [1.165, 1.54) is 93.6 Å². The highest BCUT2D eigenvalue weighted by molar-refractivity contribution is 6.29. The van der Waals surface area contributed by atoms with Crippen LogP contribution in [0.25, 0.3) is 65.4 Å². The summed E-state index contributed by atoms with van der Waals surface area (Å²) in [5.74, 6) is 0. The second kappa shape index (κ2) is 8.26. The van der Waals surface area contributed by atoms with Gasteiger partial charge in [-0.2, -0.15) is 0 Å². The monoisotopic (exact) mass is 587 g/mol. The van der Waals surface area contributed by atoms with E-state index in [2.05, 4.69) is 167 Å². The lowest BCUT2D eigenvalue weighted by Crippen LogP contribution is -2.30. The maximum atomic E-state index is 2.56. The van der Waals surface area contributed by atoms with Gasteiger partial charge in [-0.25, -0.2) is 0 Å². The molecule has 0 atom stereocenters. The van der Waals surface area contributed by atoms with Crippen molar-refractivity contribution in [1.82, 2.24) is 8.80 Å². The fraction of sp³-hybridized carbons (Fsp3) is 0.0698. The highest BCUT2D eigenvalue weighted by Gasteiger charge is 2.38. The second-order valence-corrected chi connectivity index (χ2v) is 13.4. The Hall–Kier alpha value is -5.80. The van der Waals surface area contributed by atoms with E-state index in [0.29, 0.717) is 0 Å². The number of nitrogens with zero attached hydrogens (tertiary/aromatic N) is 3. The molecule has 0 unspecified atom stereocenters. The molecule has 3 heteroatoms. The van der Waals surface area contributed by atoms with Gasteiger partial charge in [0.15, 0.2) is 0 Å². The SMILES string of the molecule is CC1(C)c2ccccc2N(c2ccccc2)c2cc3c(cc21)n1c2ccccc2c2ccc4ccc5c6ccccc6n3c5c4c21. The minimum atomic E-state index is -0.215. The first-order valence-corrected chi connectivity index (χ1v) is 16.1. The number of hydrogen-bond acceptors (Lipinski definition) is 1. The van der Waals surface area contributed by atoms with E-state index in [1.54, 1.807) is 0 Å². The molecule has 0 saturated carbocycles. The zero-order chi connectivity index (χ0) is 30.3. The topological polar surface area (TPSA) is 12.1 Å². The summed E-state index contributed by atoms with van der Waals surface area (Å²) >= 11 is 0. The van der Waals surface area contributed by atoms with Crippen LogP contribution in [-0.2, 0) is 5.41 Å². The van der Waals surface area contributed by atoms with Gasteiger partial charge in [-0.15, -0.1) is 0 Å². The number of rotatable bonds is 1. The first-order valence-electron chi connectivity index (χ1n) is 16.1. The molecule has 0 bridgehead atoms. The predicted octanol–water partition coefficient (Wildman–Crippen LogP) is 11.5. The van der Waals surface area contributed by atoms with Crippen molar-refractivity contribution < 1.29 is 0 Å². The number of benzene rings is 7. The minimum Gasteiger partial charge on any atom is -0.310 e. The van der Waals surface area contributed by atoms with Crippen molar-refractivity contribution in [1.29, 1.82) is 0 Å². The smallest absolute Gasteiger partial charge is 0.0724 e. The molecule has 7 aromatic carbocycles. The summed E-state index contributed by atoms with van der Waals surface area (Å²) in [6, 6.07) is 51.9. The van der Waals surface area contributed by atoms with Gasteiger partial charge in [0.25, 0.3) is 0 Å². The molecule has 0 aliphatic carbocycles. The van der Waals surface area contributed by atoms with Crippen molar-refractivity contribution in [2.24, 2.45) is 0 Å². The molecule has 4 heterocycles. The van der Waals surface area contributed by atoms with Gasteiger partial charge in [-0.05, 0) is 59.0 Å². The summed E-state index contributed by atoms with van der Waals surface area (Å²) in [6.45, 7) is 4.77. The van der Waals surface area contributed by atoms with E-state index < -0.39 is 0 Å². The molecular formula is C43H29N3. The van der Waals surface area contributed by atoms with Crippen LogP contribution in [0.5, 0.6) is 0 Å². The molecule has 3 aromatic heterocycles. The summed E-state index contributed by atoms with van der Waals surface area (Å²) in [5.41, 5.74) is 13.6. The molecule has 0 saturated heterocycles. The minimum absolute atomic E-state index is 0.215. The first kappa shape index (κ1) is 24.5. The van der Waals surface area contributed by atoms with E-state index in [9.17, 15) is 0 Å². The molecule has 216 valence electrons. The van der Waals surface area contributed by atoms with Gasteiger partial charge >= 0.3 is 0 Å². The Morgan fingerprint density at radius 2 is 1.00 bits per heavy atom. The Morgan fingerprint density at radius 1 is 0.435 bits per heavy atom. The van der Waals surface area contributed by atoms with E-state index >= 15 is 0 Å². The van der Waals surface area contributed by atoms with Crippen LogP contribution in [0.2, 0.25) is 0 Å². The summed E-state index contributed by atoms with van der Waals surface area (Å²) in [5, 5.41) is 7.76. The van der Waals surface area contributed by atoms with Crippen LogP contribution in [0, 0.1) is 0 Å². The van der Waals surface area contributed by atoms with Gasteiger partial charge in [-0.1, -0.05) is 111 Å². The van der Waals surface area contributed by atoms with Crippen molar-refractivity contribution in [3.05, 3.63) is 151 Å². The largest absolute Gasteiger partial charge is 0.310 e. The Morgan fingerprint density at radius 3 is 1.67 bits per heavy atom. The third kappa shape index (κ3) is 2.81. The third-order valence-electron chi connectivity index (χ3n) is 10.8. The number of hydrogen-bond donors (Lipinski definition) is 0. The molecular weight excluding hydrogens is 558 g/mol. The number of aromatic nitrogens is 2. The average molecular weight is 588 g/mol. The molecule has 0 radical (unpaired) electrons. The highest BCUT2D eigenvalue weighted by Crippen LogP contribution is 2.53. The normalized spacial score (nSPS) is 14.4. The third-order valence-corrected chi connectivity index (χ3v) is 10.8. The van der Waals surface area contributed by atoms with Gasteiger partial charge in [0, 0.05) is 38.0 Å². The number of para-hydroxylation sites is 4. The Bertz CT molecular complexity index is 2880. The molecule has 10 aromatic rings. The van der Waals surface area contributed by atoms with Crippen LogP contribution in [0.1, 0.15) is 25.0 Å². The number of fused-ring (bicyclic) bond motifs is 11. The summed E-state index contributed by atoms with van der Waals surface area (Å²) in [7, 11) is 0. The van der Waals surface area contributed by atoms with Gasteiger partial charge < -0.3 is 13.7 Å². The van der Waals surface area contributed by atoms with Crippen molar-refractivity contribution >= 4 is 82.5 Å². The van der Waals surface area contributed by atoms with E-state index in [1.807, 2.05) is 0 Å². The fourth-order valence-electron chi connectivity index (χ4n) is 8.75. The lowest BCUT2D eigenvalue weighted by molar-refractivity contribution is 0.632. The Labute approximate surface area is 265 Å². The van der Waals surface area contributed by atoms with Gasteiger partial charge in [0.1, 0.15) is 0 Å². The number of anilines is 3. The van der Waals surface area contributed by atoms with E-state index in [-0.39, 0.29) is 5.41 Å². The maximum absolute atomic E-state index is 2.56. The first-order chi connectivity index (χ1) is 22.6. The average Bonchev–Trinajstić information content (AvgIpc) is 3.57. The van der Waals surface area contributed by atoms with Crippen LogP contribution in [0.4, 0.5) is 17.1 Å². The van der Waals surface area contributed by atoms with Crippen LogP contribution in [-0.4, -0.2) is 8.80 Å². The second-order valence-electron chi connectivity index (χ2n) is 13.4. The van der Waals surface area contributed by atoms with Crippen LogP contribution in [0.3, 0.4) is 0 Å². The Kier molecular flexibility index (Phi) is 4.40. The van der Waals surface area contributed by atoms with Crippen molar-refractivity contribution in [3.63, 3.8) is 0 Å². The van der Waals surface area contributed by atoms with Crippen molar-refractivity contribution in [2.45, 2.75) is 19.3 Å². The molecule has 1 aliphatic rings.